The Morgan fingerprint density at radius 3 is 2.67 bits per heavy atom. The van der Waals surface area contributed by atoms with E-state index in [9.17, 15) is 0 Å². The van der Waals surface area contributed by atoms with Gasteiger partial charge in [-0.2, -0.15) is 0 Å². The van der Waals surface area contributed by atoms with Crippen molar-refractivity contribution in [1.82, 2.24) is 20.3 Å². The summed E-state index contributed by atoms with van der Waals surface area (Å²) in [5.74, 6) is 3.10. The van der Waals surface area contributed by atoms with E-state index in [0.717, 1.165) is 59.2 Å². The molecule has 0 fully saturated rings. The lowest BCUT2D eigenvalue weighted by Gasteiger charge is -2.15. The minimum Gasteiger partial charge on any atom is -0.491 e. The van der Waals surface area contributed by atoms with E-state index in [0.29, 0.717) is 0 Å². The van der Waals surface area contributed by atoms with Crippen LogP contribution < -0.4 is 15.4 Å². The summed E-state index contributed by atoms with van der Waals surface area (Å²) >= 11 is 0. The normalized spacial score (nSPS) is 12.1. The molecular formula is C21H27N5O. The predicted molar refractivity (Wildman–Crippen MR) is 110 cm³/mol. The number of fused-ring (bicyclic) bond motifs is 1. The number of hydrogen-bond donors (Lipinski definition) is 2. The monoisotopic (exact) mass is 365 g/mol. The van der Waals surface area contributed by atoms with Crippen LogP contribution in [0.1, 0.15) is 31.8 Å². The highest BCUT2D eigenvalue weighted by atomic mass is 16.5. The lowest BCUT2D eigenvalue weighted by atomic mass is 10.1. The van der Waals surface area contributed by atoms with Gasteiger partial charge in [0.25, 0.3) is 0 Å². The van der Waals surface area contributed by atoms with Crippen LogP contribution in [0.2, 0.25) is 0 Å². The van der Waals surface area contributed by atoms with Crippen LogP contribution in [0.3, 0.4) is 0 Å². The van der Waals surface area contributed by atoms with Crippen LogP contribution in [0.5, 0.6) is 5.75 Å². The van der Waals surface area contributed by atoms with Crippen LogP contribution in [-0.2, 0) is 0 Å². The van der Waals surface area contributed by atoms with Gasteiger partial charge in [-0.1, -0.05) is 6.92 Å². The minimum absolute atomic E-state index is 0.160. The molecule has 2 heterocycles. The number of aryl methyl sites for hydroxylation is 2. The molecule has 3 rings (SSSR count). The first-order chi connectivity index (χ1) is 13.0. The Morgan fingerprint density at radius 2 is 1.89 bits per heavy atom. The molecule has 0 aliphatic carbocycles. The number of aromatic nitrogens is 3. The van der Waals surface area contributed by atoms with Gasteiger partial charge in [-0.05, 0) is 69.9 Å². The second-order valence-corrected chi connectivity index (χ2v) is 6.72. The molecule has 0 bridgehead atoms. The molecule has 142 valence electrons. The van der Waals surface area contributed by atoms with E-state index in [-0.39, 0.29) is 6.10 Å². The second-order valence-electron chi connectivity index (χ2n) is 6.72. The Hall–Kier alpha value is -2.73. The molecule has 0 radical (unpaired) electrons. The molecule has 27 heavy (non-hydrogen) atoms. The SMILES string of the molecule is CCNCCC(C)Oc1ccc2cnc(Nc3cc(C)nc(C)n3)cc2c1. The van der Waals surface area contributed by atoms with Crippen molar-refractivity contribution in [3.63, 3.8) is 0 Å². The van der Waals surface area contributed by atoms with Gasteiger partial charge in [-0.15, -0.1) is 0 Å². The van der Waals surface area contributed by atoms with Gasteiger partial charge in [0, 0.05) is 23.3 Å². The van der Waals surface area contributed by atoms with Crippen molar-refractivity contribution < 1.29 is 4.74 Å². The van der Waals surface area contributed by atoms with Gasteiger partial charge in [0.05, 0.1) is 6.10 Å². The first-order valence-corrected chi connectivity index (χ1v) is 9.40. The summed E-state index contributed by atoms with van der Waals surface area (Å²) in [6.07, 6.45) is 2.99. The number of rotatable bonds is 8. The molecule has 1 aromatic carbocycles. The van der Waals surface area contributed by atoms with Crippen molar-refractivity contribution in [3.05, 3.63) is 48.0 Å². The van der Waals surface area contributed by atoms with Gasteiger partial charge < -0.3 is 15.4 Å². The lowest BCUT2D eigenvalue weighted by Crippen LogP contribution is -2.21. The number of pyridine rings is 1. The summed E-state index contributed by atoms with van der Waals surface area (Å²) in [4.78, 5) is 13.2. The van der Waals surface area contributed by atoms with Crippen LogP contribution in [0.15, 0.2) is 36.5 Å². The summed E-state index contributed by atoms with van der Waals surface area (Å²) in [7, 11) is 0. The fourth-order valence-corrected chi connectivity index (χ4v) is 2.95. The molecule has 2 N–H and O–H groups in total. The zero-order chi connectivity index (χ0) is 19.2. The molecule has 0 amide bonds. The maximum Gasteiger partial charge on any atom is 0.135 e. The molecule has 2 aromatic heterocycles. The Morgan fingerprint density at radius 1 is 1.04 bits per heavy atom. The summed E-state index contributed by atoms with van der Waals surface area (Å²) in [6, 6.07) is 10.0. The number of benzene rings is 1. The van der Waals surface area contributed by atoms with Gasteiger partial charge in [0.15, 0.2) is 0 Å². The Balaban J connectivity index is 1.75. The van der Waals surface area contributed by atoms with E-state index >= 15 is 0 Å². The first-order valence-electron chi connectivity index (χ1n) is 9.40. The number of hydrogen-bond acceptors (Lipinski definition) is 6. The maximum atomic E-state index is 6.06. The van der Waals surface area contributed by atoms with Crippen LogP contribution in [0.4, 0.5) is 11.6 Å². The largest absolute Gasteiger partial charge is 0.491 e. The second kappa shape index (κ2) is 8.77. The smallest absolute Gasteiger partial charge is 0.135 e. The van der Waals surface area contributed by atoms with Crippen LogP contribution in [0.25, 0.3) is 10.8 Å². The standard InChI is InChI=1S/C21H27N5O/c1-5-22-9-8-15(3)27-19-7-6-17-13-23-20(12-18(17)11-19)26-21-10-14(2)24-16(4)25-21/h6-7,10-13,15,22H,5,8-9H2,1-4H3,(H,23,24,25,26). The molecule has 3 aromatic rings. The fourth-order valence-electron chi connectivity index (χ4n) is 2.95. The molecular weight excluding hydrogens is 338 g/mol. The summed E-state index contributed by atoms with van der Waals surface area (Å²) < 4.78 is 6.06. The van der Waals surface area contributed by atoms with Crippen LogP contribution in [-0.4, -0.2) is 34.1 Å². The zero-order valence-corrected chi connectivity index (χ0v) is 16.4. The van der Waals surface area contributed by atoms with E-state index in [1.165, 1.54) is 0 Å². The molecule has 1 atom stereocenters. The van der Waals surface area contributed by atoms with E-state index in [1.54, 1.807) is 0 Å². The van der Waals surface area contributed by atoms with Gasteiger partial charge >= 0.3 is 0 Å². The quantitative estimate of drug-likeness (QED) is 0.584. The van der Waals surface area contributed by atoms with Gasteiger partial charge in [0.2, 0.25) is 0 Å². The molecule has 1 unspecified atom stereocenters. The highest BCUT2D eigenvalue weighted by molar-refractivity contribution is 5.85. The van der Waals surface area contributed by atoms with Gasteiger partial charge in [0.1, 0.15) is 23.2 Å². The third-order valence-corrected chi connectivity index (χ3v) is 4.23. The van der Waals surface area contributed by atoms with E-state index in [1.807, 2.05) is 44.3 Å². The van der Waals surface area contributed by atoms with Crippen molar-refractivity contribution in [2.75, 3.05) is 18.4 Å². The van der Waals surface area contributed by atoms with Crippen molar-refractivity contribution in [2.45, 2.75) is 40.2 Å². The average Bonchev–Trinajstić information content (AvgIpc) is 2.61. The number of anilines is 2. The van der Waals surface area contributed by atoms with E-state index < -0.39 is 0 Å². The molecule has 6 nitrogen and oxygen atoms in total. The Labute approximate surface area is 160 Å². The maximum absolute atomic E-state index is 6.06. The van der Waals surface area contributed by atoms with Gasteiger partial charge in [-0.25, -0.2) is 15.0 Å². The highest BCUT2D eigenvalue weighted by Gasteiger charge is 2.06. The minimum atomic E-state index is 0.160. The fraction of sp³-hybridized carbons (Fsp3) is 0.381. The van der Waals surface area contributed by atoms with Crippen molar-refractivity contribution in [1.29, 1.82) is 0 Å². The number of nitrogens with one attached hydrogen (secondary N) is 2. The summed E-state index contributed by atoms with van der Waals surface area (Å²) in [5, 5.41) is 8.73. The third-order valence-electron chi connectivity index (χ3n) is 4.23. The van der Waals surface area contributed by atoms with Crippen molar-refractivity contribution in [2.24, 2.45) is 0 Å². The Kier molecular flexibility index (Phi) is 6.19. The number of nitrogens with zero attached hydrogens (tertiary/aromatic N) is 3. The third kappa shape index (κ3) is 5.37. The summed E-state index contributed by atoms with van der Waals surface area (Å²) in [5.41, 5.74) is 0.924. The highest BCUT2D eigenvalue weighted by Crippen LogP contribution is 2.24. The zero-order valence-electron chi connectivity index (χ0n) is 16.4. The predicted octanol–water partition coefficient (Wildman–Crippen LogP) is 4.15. The average molecular weight is 365 g/mol. The topological polar surface area (TPSA) is 72.0 Å². The molecule has 6 heteroatoms. The van der Waals surface area contributed by atoms with Crippen molar-refractivity contribution in [3.8, 4) is 5.75 Å². The number of ether oxygens (including phenoxy) is 1. The van der Waals surface area contributed by atoms with Gasteiger partial charge in [-0.3, -0.25) is 0 Å². The van der Waals surface area contributed by atoms with Crippen LogP contribution >= 0.6 is 0 Å². The Bertz CT molecular complexity index is 892. The molecule has 0 saturated carbocycles. The van der Waals surface area contributed by atoms with Crippen LogP contribution in [0, 0.1) is 13.8 Å². The van der Waals surface area contributed by atoms with E-state index in [4.69, 9.17) is 4.74 Å². The van der Waals surface area contributed by atoms with Crippen molar-refractivity contribution >= 4 is 22.4 Å². The van der Waals surface area contributed by atoms with E-state index in [2.05, 4.69) is 45.5 Å². The molecule has 0 spiro atoms. The molecule has 0 saturated heterocycles. The lowest BCUT2D eigenvalue weighted by molar-refractivity contribution is 0.210. The summed E-state index contributed by atoms with van der Waals surface area (Å²) in [6.45, 7) is 9.98. The molecule has 0 aliphatic rings. The first kappa shape index (κ1) is 19.0. The molecule has 0 aliphatic heterocycles.